The Morgan fingerprint density at radius 3 is 2.92 bits per heavy atom. The molecule has 0 amide bonds. The monoisotopic (exact) mass is 341 g/mol. The van der Waals surface area contributed by atoms with Gasteiger partial charge in [0, 0.05) is 6.42 Å². The van der Waals surface area contributed by atoms with Gasteiger partial charge in [-0.05, 0) is 43.5 Å². The highest BCUT2D eigenvalue weighted by Gasteiger charge is 2.27. The van der Waals surface area contributed by atoms with Gasteiger partial charge in [0.05, 0.1) is 10.2 Å². The van der Waals surface area contributed by atoms with Crippen molar-refractivity contribution in [2.24, 2.45) is 0 Å². The second kappa shape index (κ2) is 6.20. The normalized spacial score (nSPS) is 18.0. The number of Topliss-reactive ketones (excluding diaryl/α,β-unsaturated/α-hetero) is 1. The van der Waals surface area contributed by atoms with Crippen LogP contribution in [0.3, 0.4) is 0 Å². The molecule has 24 heavy (non-hydrogen) atoms. The first-order valence-corrected chi connectivity index (χ1v) is 8.72. The Morgan fingerprint density at radius 1 is 1.21 bits per heavy atom. The van der Waals surface area contributed by atoms with Gasteiger partial charge in [-0.1, -0.05) is 12.1 Å². The van der Waals surface area contributed by atoms with Gasteiger partial charge in [-0.25, -0.2) is 9.78 Å². The summed E-state index contributed by atoms with van der Waals surface area (Å²) in [4.78, 5) is 28.5. The lowest BCUT2D eigenvalue weighted by Gasteiger charge is -2.19. The molecule has 0 saturated heterocycles. The standard InChI is InChI=1S/C18H15NO4S/c20-12-6-2-3-7-13(12)23-18(21)15-10-9-14(22-15)17-19-11-5-1-4-8-16(11)24-17/h1,4-5,8-10,13H,2-3,6-7H2/t13-/m1/s1. The molecule has 3 aromatic rings. The number of carbonyl (C=O) groups excluding carboxylic acids is 2. The minimum atomic E-state index is -0.637. The third-order valence-electron chi connectivity index (χ3n) is 4.06. The molecular weight excluding hydrogens is 326 g/mol. The largest absolute Gasteiger partial charge is 0.449 e. The molecule has 1 saturated carbocycles. The van der Waals surface area contributed by atoms with Crippen LogP contribution in [0.5, 0.6) is 0 Å². The number of esters is 1. The Morgan fingerprint density at radius 2 is 2.08 bits per heavy atom. The number of furan rings is 1. The highest BCUT2D eigenvalue weighted by atomic mass is 32.1. The Kier molecular flexibility index (Phi) is 3.90. The second-order valence-electron chi connectivity index (χ2n) is 5.76. The van der Waals surface area contributed by atoms with E-state index in [1.165, 1.54) is 11.3 Å². The summed E-state index contributed by atoms with van der Waals surface area (Å²) in [5.41, 5.74) is 0.894. The summed E-state index contributed by atoms with van der Waals surface area (Å²) in [5.74, 6) is 0.0240. The van der Waals surface area contributed by atoms with Gasteiger partial charge in [-0.15, -0.1) is 11.3 Å². The van der Waals surface area contributed by atoms with Crippen molar-refractivity contribution >= 4 is 33.3 Å². The van der Waals surface area contributed by atoms with Crippen LogP contribution in [0, 0.1) is 0 Å². The van der Waals surface area contributed by atoms with E-state index in [1.807, 2.05) is 24.3 Å². The van der Waals surface area contributed by atoms with Gasteiger partial charge in [0.15, 0.2) is 22.7 Å². The fraction of sp³-hybridized carbons (Fsp3) is 0.278. The minimum Gasteiger partial charge on any atom is -0.449 e. The molecule has 1 atom stereocenters. The van der Waals surface area contributed by atoms with E-state index >= 15 is 0 Å². The summed E-state index contributed by atoms with van der Waals surface area (Å²) >= 11 is 1.50. The molecule has 0 N–H and O–H groups in total. The molecule has 122 valence electrons. The lowest BCUT2D eigenvalue weighted by atomic mass is 9.96. The second-order valence-corrected chi connectivity index (χ2v) is 6.79. The summed E-state index contributed by atoms with van der Waals surface area (Å²) in [6.45, 7) is 0. The summed E-state index contributed by atoms with van der Waals surface area (Å²) in [6, 6.07) is 11.1. The number of ketones is 1. The van der Waals surface area contributed by atoms with Crippen molar-refractivity contribution in [2.45, 2.75) is 31.8 Å². The van der Waals surface area contributed by atoms with Crippen molar-refractivity contribution in [3.05, 3.63) is 42.2 Å². The Labute approximate surface area is 142 Å². The molecule has 6 heteroatoms. The molecule has 5 nitrogen and oxygen atoms in total. The van der Waals surface area contributed by atoms with Gasteiger partial charge >= 0.3 is 5.97 Å². The molecule has 4 rings (SSSR count). The zero-order valence-corrected chi connectivity index (χ0v) is 13.7. The van der Waals surface area contributed by atoms with E-state index in [4.69, 9.17) is 9.15 Å². The smallest absolute Gasteiger partial charge is 0.374 e. The molecule has 0 radical (unpaired) electrons. The number of aromatic nitrogens is 1. The molecule has 0 unspecified atom stereocenters. The Bertz CT molecular complexity index is 878. The van der Waals surface area contributed by atoms with Crippen LogP contribution >= 0.6 is 11.3 Å². The number of thiazole rings is 1. The molecule has 0 spiro atoms. The maximum atomic E-state index is 12.2. The van der Waals surface area contributed by atoms with Crippen LogP contribution in [-0.4, -0.2) is 22.8 Å². The van der Waals surface area contributed by atoms with Crippen LogP contribution in [0.4, 0.5) is 0 Å². The zero-order chi connectivity index (χ0) is 16.5. The van der Waals surface area contributed by atoms with Crippen molar-refractivity contribution in [3.63, 3.8) is 0 Å². The van der Waals surface area contributed by atoms with Crippen molar-refractivity contribution in [2.75, 3.05) is 0 Å². The van der Waals surface area contributed by atoms with E-state index in [0.29, 0.717) is 23.6 Å². The highest BCUT2D eigenvalue weighted by Crippen LogP contribution is 2.31. The number of carbonyl (C=O) groups is 2. The molecule has 1 aromatic carbocycles. The minimum absolute atomic E-state index is 0.00690. The predicted octanol–water partition coefficient (Wildman–Crippen LogP) is 4.22. The van der Waals surface area contributed by atoms with E-state index < -0.39 is 12.1 Å². The van der Waals surface area contributed by atoms with Crippen molar-refractivity contribution in [3.8, 4) is 10.8 Å². The molecule has 2 aromatic heterocycles. The number of para-hydroxylation sites is 1. The maximum absolute atomic E-state index is 12.2. The molecule has 0 bridgehead atoms. The van der Waals surface area contributed by atoms with Gasteiger partial charge < -0.3 is 9.15 Å². The topological polar surface area (TPSA) is 69.4 Å². The first-order valence-electron chi connectivity index (χ1n) is 7.90. The number of ether oxygens (including phenoxy) is 1. The lowest BCUT2D eigenvalue weighted by Crippen LogP contribution is -2.30. The Balaban J connectivity index is 1.53. The summed E-state index contributed by atoms with van der Waals surface area (Å²) in [6.07, 6.45) is 2.21. The van der Waals surface area contributed by atoms with Crippen LogP contribution in [0.1, 0.15) is 36.2 Å². The van der Waals surface area contributed by atoms with Crippen molar-refractivity contribution in [1.29, 1.82) is 0 Å². The molecular formula is C18H15NO4S. The number of hydrogen-bond acceptors (Lipinski definition) is 6. The fourth-order valence-corrected chi connectivity index (χ4v) is 3.73. The first-order chi connectivity index (χ1) is 11.7. The number of fused-ring (bicyclic) bond motifs is 1. The average Bonchev–Trinajstić information content (AvgIpc) is 3.23. The molecule has 1 aliphatic carbocycles. The maximum Gasteiger partial charge on any atom is 0.374 e. The van der Waals surface area contributed by atoms with Crippen molar-refractivity contribution in [1.82, 2.24) is 4.98 Å². The van der Waals surface area contributed by atoms with E-state index in [0.717, 1.165) is 23.1 Å². The Hall–Kier alpha value is -2.47. The number of benzene rings is 1. The van der Waals surface area contributed by atoms with Crippen LogP contribution in [0.25, 0.3) is 21.0 Å². The molecule has 0 aliphatic heterocycles. The van der Waals surface area contributed by atoms with E-state index in [2.05, 4.69) is 4.98 Å². The van der Waals surface area contributed by atoms with E-state index in [-0.39, 0.29) is 11.5 Å². The molecule has 1 fully saturated rings. The highest BCUT2D eigenvalue weighted by molar-refractivity contribution is 7.21. The van der Waals surface area contributed by atoms with Crippen molar-refractivity contribution < 1.29 is 18.7 Å². The third-order valence-corrected chi connectivity index (χ3v) is 5.11. The van der Waals surface area contributed by atoms with E-state index in [9.17, 15) is 9.59 Å². The first kappa shape index (κ1) is 15.1. The average molecular weight is 341 g/mol. The number of rotatable bonds is 3. The van der Waals surface area contributed by atoms with Crippen LogP contribution < -0.4 is 0 Å². The predicted molar refractivity (Wildman–Crippen MR) is 90.0 cm³/mol. The van der Waals surface area contributed by atoms with Crippen LogP contribution in [-0.2, 0) is 9.53 Å². The number of nitrogens with zero attached hydrogens (tertiary/aromatic N) is 1. The summed E-state index contributed by atoms with van der Waals surface area (Å²) in [5, 5.41) is 0.712. The van der Waals surface area contributed by atoms with Crippen LogP contribution in [0.15, 0.2) is 40.8 Å². The summed E-state index contributed by atoms with van der Waals surface area (Å²) in [7, 11) is 0. The van der Waals surface area contributed by atoms with E-state index in [1.54, 1.807) is 12.1 Å². The molecule has 2 heterocycles. The van der Waals surface area contributed by atoms with Gasteiger partial charge in [0.2, 0.25) is 5.76 Å². The quantitative estimate of drug-likeness (QED) is 0.667. The van der Waals surface area contributed by atoms with Crippen LogP contribution in [0.2, 0.25) is 0 Å². The SMILES string of the molecule is O=C(O[C@@H]1CCCCC1=O)c1ccc(-c2nc3ccccc3s2)o1. The lowest BCUT2D eigenvalue weighted by molar-refractivity contribution is -0.130. The molecule has 1 aliphatic rings. The summed E-state index contributed by atoms with van der Waals surface area (Å²) < 4.78 is 12.0. The van der Waals surface area contributed by atoms with Gasteiger partial charge in [0.1, 0.15) is 0 Å². The van der Waals surface area contributed by atoms with Gasteiger partial charge in [0.25, 0.3) is 0 Å². The zero-order valence-electron chi connectivity index (χ0n) is 12.9. The van der Waals surface area contributed by atoms with Gasteiger partial charge in [-0.2, -0.15) is 0 Å². The fourth-order valence-electron chi connectivity index (χ4n) is 2.80. The number of hydrogen-bond donors (Lipinski definition) is 0. The van der Waals surface area contributed by atoms with Gasteiger partial charge in [-0.3, -0.25) is 4.79 Å². The third kappa shape index (κ3) is 2.85.